The molecular formula is C27H39Cl2NSiZr. The predicted octanol–water partition coefficient (Wildman–Crippen LogP) is 9.40. The van der Waals surface area contributed by atoms with Crippen LogP contribution in [0, 0.1) is 18.0 Å². The van der Waals surface area contributed by atoms with Crippen LogP contribution in [0.15, 0.2) is 72.8 Å². The quantitative estimate of drug-likeness (QED) is 0.161. The van der Waals surface area contributed by atoms with Crippen LogP contribution in [0.1, 0.15) is 41.5 Å². The second-order valence-corrected chi connectivity index (χ2v) is 8.66. The van der Waals surface area contributed by atoms with Crippen molar-refractivity contribution >= 4 is 56.0 Å². The van der Waals surface area contributed by atoms with Crippen LogP contribution in [0.4, 0.5) is 0 Å². The molecule has 0 fully saturated rings. The molecule has 174 valence electrons. The van der Waals surface area contributed by atoms with Crippen molar-refractivity contribution in [2.45, 2.75) is 54.6 Å². The Bertz CT molecular complexity index is 734. The van der Waals surface area contributed by atoms with Crippen LogP contribution >= 0.6 is 24.8 Å². The molecule has 0 spiro atoms. The Morgan fingerprint density at radius 3 is 1.66 bits per heavy atom. The van der Waals surface area contributed by atoms with Crippen molar-refractivity contribution in [2.24, 2.45) is 0 Å². The molecule has 0 amide bonds. The topological polar surface area (TPSA) is 15.8 Å². The van der Waals surface area contributed by atoms with Crippen LogP contribution < -0.4 is 0 Å². The van der Waals surface area contributed by atoms with Gasteiger partial charge in [0.05, 0.1) is 0 Å². The minimum atomic E-state index is 0. The summed E-state index contributed by atoms with van der Waals surface area (Å²) in [4.78, 5) is 2.99. The number of hydrogen-bond donors (Lipinski definition) is 1. The third-order valence-electron chi connectivity index (χ3n) is 2.94. The molecule has 4 rings (SSSR count). The second-order valence-electron chi connectivity index (χ2n) is 7.66. The molecule has 0 aliphatic carbocycles. The maximum atomic E-state index is 2.99. The van der Waals surface area contributed by atoms with Crippen molar-refractivity contribution in [3.8, 4) is 0 Å². The number of H-pyrrole nitrogens is 1. The minimum absolute atomic E-state index is 0. The summed E-state index contributed by atoms with van der Waals surface area (Å²) in [7, 11) is 1.08. The van der Waals surface area contributed by atoms with Crippen LogP contribution in [0.5, 0.6) is 0 Å². The smallest absolute Gasteiger partial charge is 0.477 e. The van der Waals surface area contributed by atoms with Crippen molar-refractivity contribution in [1.29, 1.82) is 0 Å². The van der Waals surface area contributed by atoms with E-state index in [-0.39, 0.29) is 51.0 Å². The zero-order valence-corrected chi connectivity index (χ0v) is 25.8. The van der Waals surface area contributed by atoms with Crippen molar-refractivity contribution in [3.63, 3.8) is 0 Å². The Labute approximate surface area is 231 Å². The molecule has 3 aromatic carbocycles. The van der Waals surface area contributed by atoms with E-state index < -0.39 is 0 Å². The average molecular weight is 568 g/mol. The third kappa shape index (κ3) is 21.1. The SMILES string of the molecule is C[C-](C)C.C[C-](C)C.C[Si]C.Cl.Cl.[Zr+4].[c-]1cc2ccccc2[nH]1.c1ccc2[cH-]ccc2c1. The minimum Gasteiger partial charge on any atom is -0.477 e. The van der Waals surface area contributed by atoms with Crippen LogP contribution in [0.25, 0.3) is 21.7 Å². The number of hydrogen-bond acceptors (Lipinski definition) is 0. The summed E-state index contributed by atoms with van der Waals surface area (Å²) in [5, 5.41) is 3.88. The van der Waals surface area contributed by atoms with Crippen molar-refractivity contribution in [3.05, 3.63) is 90.8 Å². The number of rotatable bonds is 0. The fourth-order valence-corrected chi connectivity index (χ4v) is 2.00. The van der Waals surface area contributed by atoms with E-state index in [4.69, 9.17) is 0 Å². The molecule has 1 nitrogen and oxygen atoms in total. The summed E-state index contributed by atoms with van der Waals surface area (Å²) < 4.78 is 0. The van der Waals surface area contributed by atoms with E-state index >= 15 is 0 Å². The molecule has 32 heavy (non-hydrogen) atoms. The average Bonchev–Trinajstić information content (AvgIpc) is 3.31. The number of halogens is 2. The zero-order chi connectivity index (χ0) is 22.1. The molecule has 2 radical (unpaired) electrons. The molecule has 0 atom stereocenters. The normalized spacial score (nSPS) is 8.56. The Balaban J connectivity index is -0.000000161. The van der Waals surface area contributed by atoms with E-state index in [1.165, 1.54) is 28.0 Å². The van der Waals surface area contributed by atoms with Gasteiger partial charge in [0.25, 0.3) is 0 Å². The standard InChI is InChI=1S/C9H7.C8H6N.2C4H9.C2H6Si.2ClH.Zr/c1-2-5-9-7-3-6-8(9)4-1;1-2-4-8-7(3-1)5-6-9-8;2*1-4(2)3;1-3-2;;;/h1-7H;1-5,9H;2*1-3H3;1-2H3;2*1H;/q4*-1;;;;+4. The predicted molar refractivity (Wildman–Crippen MR) is 149 cm³/mol. The summed E-state index contributed by atoms with van der Waals surface area (Å²) in [6.07, 6.45) is 2.91. The maximum Gasteiger partial charge on any atom is 4.00 e. The van der Waals surface area contributed by atoms with E-state index in [1.807, 2.05) is 24.3 Å². The number of fused-ring (bicyclic) bond motifs is 2. The van der Waals surface area contributed by atoms with Gasteiger partial charge in [-0.05, 0) is 0 Å². The molecule has 0 aliphatic rings. The maximum absolute atomic E-state index is 2.99. The third-order valence-corrected chi connectivity index (χ3v) is 2.94. The van der Waals surface area contributed by atoms with E-state index in [9.17, 15) is 0 Å². The molecule has 0 saturated heterocycles. The molecule has 1 N–H and O–H groups in total. The zero-order valence-electron chi connectivity index (χ0n) is 20.7. The Hall–Kier alpha value is -0.730. The summed E-state index contributed by atoms with van der Waals surface area (Å²) >= 11 is 0. The molecule has 0 saturated carbocycles. The van der Waals surface area contributed by atoms with Crippen molar-refractivity contribution in [1.82, 2.24) is 4.98 Å². The first kappa shape index (κ1) is 38.5. The van der Waals surface area contributed by atoms with E-state index in [1.54, 1.807) is 0 Å². The van der Waals surface area contributed by atoms with Gasteiger partial charge in [0, 0.05) is 9.52 Å². The fraction of sp³-hybridized carbons (Fsp3) is 0.296. The van der Waals surface area contributed by atoms with Crippen LogP contribution in [0.3, 0.4) is 0 Å². The summed E-state index contributed by atoms with van der Waals surface area (Å²) in [5.74, 6) is 2.83. The number of nitrogens with one attached hydrogen (secondary N) is 1. The number of aromatic nitrogens is 1. The van der Waals surface area contributed by atoms with Gasteiger partial charge < -0.3 is 16.8 Å². The molecule has 0 unspecified atom stereocenters. The van der Waals surface area contributed by atoms with Gasteiger partial charge in [-0.15, -0.1) is 78.3 Å². The Morgan fingerprint density at radius 2 is 1.19 bits per heavy atom. The molecule has 0 aliphatic heterocycles. The Kier molecular flexibility index (Phi) is 30.0. The van der Waals surface area contributed by atoms with Crippen molar-refractivity contribution in [2.75, 3.05) is 0 Å². The summed E-state index contributed by atoms with van der Waals surface area (Å²) in [5.41, 5.74) is 1.15. The second kappa shape index (κ2) is 24.9. The largest absolute Gasteiger partial charge is 4.00 e. The number of aromatic amines is 1. The molecule has 1 aromatic heterocycles. The van der Waals surface area contributed by atoms with Gasteiger partial charge in [-0.2, -0.15) is 70.5 Å². The van der Waals surface area contributed by atoms with Gasteiger partial charge in [0.15, 0.2) is 0 Å². The van der Waals surface area contributed by atoms with Gasteiger partial charge >= 0.3 is 26.2 Å². The van der Waals surface area contributed by atoms with Gasteiger partial charge in [0.1, 0.15) is 0 Å². The monoisotopic (exact) mass is 565 g/mol. The van der Waals surface area contributed by atoms with Crippen LogP contribution in [0.2, 0.25) is 13.1 Å². The first-order valence-corrected chi connectivity index (χ1v) is 12.0. The van der Waals surface area contributed by atoms with Gasteiger partial charge in [-0.3, -0.25) is 0 Å². The van der Waals surface area contributed by atoms with Gasteiger partial charge in [-0.25, -0.2) is 0 Å². The van der Waals surface area contributed by atoms with E-state index in [0.29, 0.717) is 0 Å². The number of benzene rings is 2. The first-order chi connectivity index (χ1) is 13.8. The fourth-order valence-electron chi connectivity index (χ4n) is 2.00. The molecule has 5 heteroatoms. The molecule has 4 aromatic rings. The summed E-state index contributed by atoms with van der Waals surface area (Å²) in [6, 6.07) is 24.7. The first-order valence-electron chi connectivity index (χ1n) is 9.98. The number of para-hydroxylation sites is 1. The molecule has 1 heterocycles. The molecular weight excluding hydrogens is 529 g/mol. The van der Waals surface area contributed by atoms with Crippen LogP contribution in [-0.4, -0.2) is 14.5 Å². The molecule has 0 bridgehead atoms. The Morgan fingerprint density at radius 1 is 0.750 bits per heavy atom. The van der Waals surface area contributed by atoms with E-state index in [2.05, 4.69) is 114 Å². The van der Waals surface area contributed by atoms with Crippen LogP contribution in [-0.2, 0) is 26.2 Å². The van der Waals surface area contributed by atoms with Crippen molar-refractivity contribution < 1.29 is 26.2 Å². The van der Waals surface area contributed by atoms with Gasteiger partial charge in [0.2, 0.25) is 0 Å². The van der Waals surface area contributed by atoms with Gasteiger partial charge in [-0.1, -0.05) is 31.3 Å². The van der Waals surface area contributed by atoms with E-state index in [0.717, 1.165) is 15.0 Å². The summed E-state index contributed by atoms with van der Waals surface area (Å²) in [6.45, 7) is 16.8.